The minimum absolute atomic E-state index is 0.0281. The van der Waals surface area contributed by atoms with E-state index in [1.54, 1.807) is 0 Å². The molecular formula is C23H16F9N5O2. The second-order valence-corrected chi connectivity index (χ2v) is 8.23. The zero-order valence-corrected chi connectivity index (χ0v) is 19.4. The van der Waals surface area contributed by atoms with Crippen LogP contribution in [0.4, 0.5) is 56.8 Å². The van der Waals surface area contributed by atoms with E-state index in [1.807, 2.05) is 0 Å². The number of rotatable bonds is 4. The molecule has 7 nitrogen and oxygen atoms in total. The summed E-state index contributed by atoms with van der Waals surface area (Å²) in [5.74, 6) is -3.17. The minimum Gasteiger partial charge on any atom is -0.384 e. The molecule has 3 aromatic rings. The number of pyridine rings is 1. The van der Waals surface area contributed by atoms with Gasteiger partial charge >= 0.3 is 30.5 Å². The van der Waals surface area contributed by atoms with Crippen LogP contribution in [-0.2, 0) is 30.0 Å². The van der Waals surface area contributed by atoms with Crippen LogP contribution >= 0.6 is 0 Å². The van der Waals surface area contributed by atoms with E-state index >= 15 is 0 Å². The number of nitrogens with one attached hydrogen (secondary N) is 1. The standard InChI is InChI=1S/C23H16F9N5O2/c24-21(25,26)12-3-5-13(6-4-12)34-17-14-7-10-37(18-15(22(27,28)29)2-1-9-33-18)11-8-16(14)35-20(36-17)39-19(38)23(30,31)32/h1-6,9H,7-8,10-11H2,(H,34,35,36). The highest BCUT2D eigenvalue weighted by Gasteiger charge is 2.42. The van der Waals surface area contributed by atoms with Crippen molar-refractivity contribution in [3.63, 3.8) is 0 Å². The molecule has 3 heterocycles. The summed E-state index contributed by atoms with van der Waals surface area (Å²) < 4.78 is 122. The predicted octanol–water partition coefficient (Wildman–Crippen LogP) is 5.73. The van der Waals surface area contributed by atoms with Gasteiger partial charge in [0.1, 0.15) is 11.6 Å². The Bertz CT molecular complexity index is 1360. The van der Waals surface area contributed by atoms with Crippen molar-refractivity contribution in [2.75, 3.05) is 23.3 Å². The Morgan fingerprint density at radius 2 is 1.54 bits per heavy atom. The monoisotopic (exact) mass is 565 g/mol. The van der Waals surface area contributed by atoms with Gasteiger partial charge in [-0.15, -0.1) is 0 Å². The van der Waals surface area contributed by atoms with Gasteiger partial charge in [-0.2, -0.15) is 49.5 Å². The van der Waals surface area contributed by atoms with E-state index in [0.29, 0.717) is 0 Å². The third kappa shape index (κ3) is 6.49. The summed E-state index contributed by atoms with van der Waals surface area (Å²) in [5.41, 5.74) is -1.57. The lowest BCUT2D eigenvalue weighted by molar-refractivity contribution is -0.190. The number of anilines is 3. The average molecular weight is 565 g/mol. The first-order chi connectivity index (χ1) is 18.1. The molecule has 0 bridgehead atoms. The van der Waals surface area contributed by atoms with Crippen molar-refractivity contribution < 1.29 is 49.0 Å². The first kappa shape index (κ1) is 27.9. The number of fused-ring (bicyclic) bond motifs is 1. The van der Waals surface area contributed by atoms with Crippen molar-refractivity contribution in [3.8, 4) is 6.01 Å². The third-order valence-corrected chi connectivity index (χ3v) is 5.60. The van der Waals surface area contributed by atoms with Gasteiger partial charge in [0.05, 0.1) is 16.8 Å². The molecule has 1 aliphatic heterocycles. The maximum atomic E-state index is 13.5. The Morgan fingerprint density at radius 3 is 2.15 bits per heavy atom. The van der Waals surface area contributed by atoms with Crippen molar-refractivity contribution >= 4 is 23.3 Å². The summed E-state index contributed by atoms with van der Waals surface area (Å²) in [6.45, 7) is -0.129. The number of aromatic nitrogens is 3. The molecule has 39 heavy (non-hydrogen) atoms. The van der Waals surface area contributed by atoms with Crippen LogP contribution in [0, 0.1) is 0 Å². The number of hydrogen-bond acceptors (Lipinski definition) is 7. The van der Waals surface area contributed by atoms with E-state index in [9.17, 15) is 44.3 Å². The van der Waals surface area contributed by atoms with Crippen LogP contribution in [0.5, 0.6) is 6.01 Å². The number of alkyl halides is 9. The van der Waals surface area contributed by atoms with Crippen molar-refractivity contribution in [3.05, 3.63) is 65.0 Å². The number of esters is 1. The average Bonchev–Trinajstić information content (AvgIpc) is 3.05. The van der Waals surface area contributed by atoms with Crippen molar-refractivity contribution in [1.82, 2.24) is 15.0 Å². The lowest BCUT2D eigenvalue weighted by Crippen LogP contribution is -2.29. The molecule has 1 N–H and O–H groups in total. The van der Waals surface area contributed by atoms with Gasteiger partial charge in [-0.05, 0) is 42.8 Å². The Morgan fingerprint density at radius 1 is 0.872 bits per heavy atom. The fourth-order valence-electron chi connectivity index (χ4n) is 3.83. The largest absolute Gasteiger partial charge is 0.491 e. The molecule has 0 saturated carbocycles. The van der Waals surface area contributed by atoms with Gasteiger partial charge in [0.15, 0.2) is 0 Å². The fourth-order valence-corrected chi connectivity index (χ4v) is 3.83. The number of ether oxygens (including phenoxy) is 1. The smallest absolute Gasteiger partial charge is 0.384 e. The van der Waals surface area contributed by atoms with Crippen LogP contribution in [0.3, 0.4) is 0 Å². The molecule has 0 aliphatic carbocycles. The zero-order valence-electron chi connectivity index (χ0n) is 19.4. The van der Waals surface area contributed by atoms with E-state index in [2.05, 4.69) is 25.0 Å². The highest BCUT2D eigenvalue weighted by atomic mass is 19.4. The topological polar surface area (TPSA) is 80.2 Å². The van der Waals surface area contributed by atoms with E-state index in [0.717, 1.165) is 36.4 Å². The lowest BCUT2D eigenvalue weighted by Gasteiger charge is -2.24. The van der Waals surface area contributed by atoms with Gasteiger partial charge in [0.25, 0.3) is 0 Å². The van der Waals surface area contributed by atoms with Crippen molar-refractivity contribution in [2.24, 2.45) is 0 Å². The summed E-state index contributed by atoms with van der Waals surface area (Å²) in [6, 6.07) is 4.59. The van der Waals surface area contributed by atoms with Crippen LogP contribution in [0.1, 0.15) is 22.4 Å². The first-order valence-electron chi connectivity index (χ1n) is 11.0. The second-order valence-electron chi connectivity index (χ2n) is 8.23. The van der Waals surface area contributed by atoms with Gasteiger partial charge in [0, 0.05) is 37.0 Å². The summed E-state index contributed by atoms with van der Waals surface area (Å²) in [7, 11) is 0. The highest BCUT2D eigenvalue weighted by Crippen LogP contribution is 2.37. The molecule has 0 amide bonds. The van der Waals surface area contributed by atoms with Gasteiger partial charge in [-0.1, -0.05) is 0 Å². The maximum Gasteiger partial charge on any atom is 0.491 e. The minimum atomic E-state index is -5.37. The Labute approximate surface area is 213 Å². The molecule has 208 valence electrons. The molecule has 1 aliphatic rings. The first-order valence-corrected chi connectivity index (χ1v) is 11.0. The number of benzene rings is 1. The summed E-state index contributed by atoms with van der Waals surface area (Å²) in [4.78, 5) is 24.2. The van der Waals surface area contributed by atoms with Crippen LogP contribution in [0.2, 0.25) is 0 Å². The Balaban J connectivity index is 1.69. The SMILES string of the molecule is O=C(Oc1nc2c(c(Nc3ccc(C(F)(F)F)cc3)n1)CCN(c1ncccc1C(F)(F)F)CC2)C(F)(F)F. The van der Waals surface area contributed by atoms with Crippen molar-refractivity contribution in [1.29, 1.82) is 0 Å². The number of carbonyl (C=O) groups excluding carboxylic acids is 1. The maximum absolute atomic E-state index is 13.5. The van der Waals surface area contributed by atoms with Crippen LogP contribution in [0.15, 0.2) is 42.6 Å². The van der Waals surface area contributed by atoms with Gasteiger partial charge in [0.2, 0.25) is 0 Å². The quantitative estimate of drug-likeness (QED) is 0.320. The number of carbonyl (C=O) groups is 1. The van der Waals surface area contributed by atoms with Crippen LogP contribution in [-0.4, -0.2) is 40.2 Å². The molecular weight excluding hydrogens is 549 g/mol. The third-order valence-electron chi connectivity index (χ3n) is 5.60. The molecule has 0 fully saturated rings. The molecule has 2 aromatic heterocycles. The Kier molecular flexibility index (Phi) is 7.32. The van der Waals surface area contributed by atoms with Gasteiger partial charge in [-0.3, -0.25) is 0 Å². The summed E-state index contributed by atoms with van der Waals surface area (Å²) >= 11 is 0. The van der Waals surface area contributed by atoms with E-state index in [4.69, 9.17) is 0 Å². The summed E-state index contributed by atoms with van der Waals surface area (Å²) in [6.07, 6.45) is -13.7. The normalized spacial score (nSPS) is 14.4. The van der Waals surface area contributed by atoms with Crippen LogP contribution < -0.4 is 15.0 Å². The molecule has 1 aromatic carbocycles. The molecule has 0 unspecified atom stereocenters. The number of halogens is 9. The molecule has 0 spiro atoms. The van der Waals surface area contributed by atoms with E-state index < -0.39 is 41.6 Å². The lowest BCUT2D eigenvalue weighted by atomic mass is 10.1. The second kappa shape index (κ2) is 10.2. The number of nitrogens with zero attached hydrogens (tertiary/aromatic N) is 4. The van der Waals surface area contributed by atoms with E-state index in [-0.39, 0.29) is 54.5 Å². The Hall–Kier alpha value is -4.11. The highest BCUT2D eigenvalue weighted by molar-refractivity contribution is 5.77. The summed E-state index contributed by atoms with van der Waals surface area (Å²) in [5, 5.41) is 2.68. The van der Waals surface area contributed by atoms with Crippen LogP contribution in [0.25, 0.3) is 0 Å². The molecule has 16 heteroatoms. The molecule has 4 rings (SSSR count). The molecule has 0 atom stereocenters. The fraction of sp³-hybridized carbons (Fsp3) is 0.304. The number of hydrogen-bond donors (Lipinski definition) is 1. The zero-order chi connectivity index (χ0) is 28.6. The van der Waals surface area contributed by atoms with Gasteiger partial charge < -0.3 is 15.0 Å². The van der Waals surface area contributed by atoms with E-state index in [1.165, 1.54) is 11.1 Å². The predicted molar refractivity (Wildman–Crippen MR) is 117 cm³/mol. The van der Waals surface area contributed by atoms with Gasteiger partial charge in [-0.25, -0.2) is 9.78 Å². The van der Waals surface area contributed by atoms with Crippen molar-refractivity contribution in [2.45, 2.75) is 31.4 Å². The molecule has 0 radical (unpaired) electrons. The molecule has 0 saturated heterocycles.